The summed E-state index contributed by atoms with van der Waals surface area (Å²) >= 11 is 0. The smallest absolute Gasteiger partial charge is 0.168 e. The fourth-order valence-corrected chi connectivity index (χ4v) is 2.51. The van der Waals surface area contributed by atoms with Crippen molar-refractivity contribution in [1.82, 2.24) is 4.98 Å². The third-order valence-corrected chi connectivity index (χ3v) is 3.52. The van der Waals surface area contributed by atoms with E-state index in [1.807, 2.05) is 12.1 Å². The number of hydrogen-bond donors (Lipinski definition) is 2. The number of nitrogens with one attached hydrogen (secondary N) is 1. The number of aromatic nitrogens is 1. The van der Waals surface area contributed by atoms with Crippen molar-refractivity contribution >= 4 is 5.82 Å². The summed E-state index contributed by atoms with van der Waals surface area (Å²) in [6.07, 6.45) is 6.44. The second kappa shape index (κ2) is 6.59. The molecule has 2 rings (SSSR count). The molecule has 0 amide bonds. The van der Waals surface area contributed by atoms with Crippen LogP contribution in [0.5, 0.6) is 5.75 Å². The van der Waals surface area contributed by atoms with Crippen LogP contribution in [0.15, 0.2) is 18.3 Å². The summed E-state index contributed by atoms with van der Waals surface area (Å²) < 4.78 is 5.71. The average molecular weight is 249 g/mol. The number of rotatable bonds is 6. The average Bonchev–Trinajstić information content (AvgIpc) is 2.85. The van der Waals surface area contributed by atoms with Gasteiger partial charge in [0.15, 0.2) is 11.6 Å². The zero-order chi connectivity index (χ0) is 12.8. The van der Waals surface area contributed by atoms with Crippen LogP contribution in [0.25, 0.3) is 0 Å². The molecule has 1 aromatic heterocycles. The van der Waals surface area contributed by atoms with E-state index in [2.05, 4.69) is 17.2 Å². The van der Waals surface area contributed by atoms with Gasteiger partial charge in [0.2, 0.25) is 0 Å². The van der Waals surface area contributed by atoms with E-state index in [0.717, 1.165) is 31.1 Å². The van der Waals surface area contributed by atoms with Gasteiger partial charge in [0, 0.05) is 12.2 Å². The van der Waals surface area contributed by atoms with E-state index in [-0.39, 0.29) is 0 Å². The van der Waals surface area contributed by atoms with Crippen LogP contribution in [-0.4, -0.2) is 24.2 Å². The summed E-state index contributed by atoms with van der Waals surface area (Å²) in [5.74, 6) is 2.27. The quantitative estimate of drug-likeness (QED) is 0.813. The molecule has 2 atom stereocenters. The number of nitrogens with zero attached hydrogens (tertiary/aromatic N) is 1. The van der Waals surface area contributed by atoms with Crippen LogP contribution >= 0.6 is 0 Å². The fraction of sp³-hybridized carbons (Fsp3) is 0.643. The fourth-order valence-electron chi connectivity index (χ4n) is 2.51. The van der Waals surface area contributed by atoms with Crippen molar-refractivity contribution in [2.24, 2.45) is 11.7 Å². The van der Waals surface area contributed by atoms with Crippen molar-refractivity contribution in [2.75, 3.05) is 18.5 Å². The van der Waals surface area contributed by atoms with Gasteiger partial charge in [-0.2, -0.15) is 0 Å². The summed E-state index contributed by atoms with van der Waals surface area (Å²) in [5.41, 5.74) is 5.80. The van der Waals surface area contributed by atoms with Crippen LogP contribution < -0.4 is 15.8 Å². The van der Waals surface area contributed by atoms with E-state index in [4.69, 9.17) is 10.5 Å². The van der Waals surface area contributed by atoms with Crippen molar-refractivity contribution in [3.63, 3.8) is 0 Å². The molecule has 1 saturated carbocycles. The summed E-state index contributed by atoms with van der Waals surface area (Å²) in [6.45, 7) is 3.58. The molecular weight excluding hydrogens is 226 g/mol. The van der Waals surface area contributed by atoms with Crippen LogP contribution in [0.2, 0.25) is 0 Å². The van der Waals surface area contributed by atoms with Gasteiger partial charge in [-0.05, 0) is 43.9 Å². The second-order valence-corrected chi connectivity index (χ2v) is 4.88. The molecule has 1 aliphatic carbocycles. The van der Waals surface area contributed by atoms with Gasteiger partial charge in [0.1, 0.15) is 0 Å². The molecule has 0 aliphatic heterocycles. The van der Waals surface area contributed by atoms with Crippen LogP contribution in [0.4, 0.5) is 5.82 Å². The molecule has 1 heterocycles. The van der Waals surface area contributed by atoms with E-state index < -0.39 is 0 Å². The first-order chi connectivity index (χ1) is 8.85. The van der Waals surface area contributed by atoms with Crippen LogP contribution in [-0.2, 0) is 0 Å². The number of ether oxygens (including phenoxy) is 1. The first-order valence-electron chi connectivity index (χ1n) is 6.89. The first-order valence-corrected chi connectivity index (χ1v) is 6.89. The van der Waals surface area contributed by atoms with Crippen molar-refractivity contribution in [3.05, 3.63) is 18.3 Å². The highest BCUT2D eigenvalue weighted by molar-refractivity contribution is 5.50. The summed E-state index contributed by atoms with van der Waals surface area (Å²) in [6, 6.07) is 4.32. The lowest BCUT2D eigenvalue weighted by Gasteiger charge is -2.21. The molecule has 0 aromatic carbocycles. The summed E-state index contributed by atoms with van der Waals surface area (Å²) in [7, 11) is 0. The number of anilines is 1. The predicted molar refractivity (Wildman–Crippen MR) is 73.8 cm³/mol. The lowest BCUT2D eigenvalue weighted by Crippen LogP contribution is -2.30. The molecule has 4 heteroatoms. The SMILES string of the molecule is CCCOc1cccnc1NC1CCCC1CN. The molecule has 0 radical (unpaired) electrons. The highest BCUT2D eigenvalue weighted by Gasteiger charge is 2.26. The monoisotopic (exact) mass is 249 g/mol. The molecule has 1 aliphatic rings. The zero-order valence-corrected chi connectivity index (χ0v) is 11.1. The van der Waals surface area contributed by atoms with E-state index >= 15 is 0 Å². The van der Waals surface area contributed by atoms with Crippen molar-refractivity contribution in [1.29, 1.82) is 0 Å². The number of hydrogen-bond acceptors (Lipinski definition) is 4. The molecule has 0 spiro atoms. The Hall–Kier alpha value is -1.29. The second-order valence-electron chi connectivity index (χ2n) is 4.88. The highest BCUT2D eigenvalue weighted by Crippen LogP contribution is 2.30. The number of nitrogens with two attached hydrogens (primary N) is 1. The molecule has 2 unspecified atom stereocenters. The van der Waals surface area contributed by atoms with E-state index in [0.29, 0.717) is 12.0 Å². The van der Waals surface area contributed by atoms with Crippen molar-refractivity contribution in [2.45, 2.75) is 38.6 Å². The van der Waals surface area contributed by atoms with E-state index in [1.165, 1.54) is 19.3 Å². The lowest BCUT2D eigenvalue weighted by atomic mass is 10.0. The van der Waals surface area contributed by atoms with Gasteiger partial charge in [-0.3, -0.25) is 0 Å². The van der Waals surface area contributed by atoms with E-state index in [1.54, 1.807) is 6.20 Å². The van der Waals surface area contributed by atoms with Crippen molar-refractivity contribution < 1.29 is 4.74 Å². The molecule has 1 fully saturated rings. The zero-order valence-electron chi connectivity index (χ0n) is 11.1. The van der Waals surface area contributed by atoms with Gasteiger partial charge < -0.3 is 15.8 Å². The Kier molecular flexibility index (Phi) is 4.81. The molecule has 0 saturated heterocycles. The lowest BCUT2D eigenvalue weighted by molar-refractivity contribution is 0.317. The largest absolute Gasteiger partial charge is 0.490 e. The van der Waals surface area contributed by atoms with E-state index in [9.17, 15) is 0 Å². The Morgan fingerprint density at radius 2 is 2.39 bits per heavy atom. The normalized spacial score (nSPS) is 23.0. The maximum absolute atomic E-state index is 5.80. The van der Waals surface area contributed by atoms with Gasteiger partial charge >= 0.3 is 0 Å². The summed E-state index contributed by atoms with van der Waals surface area (Å²) in [4.78, 5) is 4.39. The Labute approximate surface area is 109 Å². The minimum atomic E-state index is 0.439. The molecule has 100 valence electrons. The Balaban J connectivity index is 2.03. The molecule has 18 heavy (non-hydrogen) atoms. The van der Waals surface area contributed by atoms with Gasteiger partial charge in [-0.25, -0.2) is 4.98 Å². The standard InChI is InChI=1S/C14H23N3O/c1-2-9-18-13-7-4-8-16-14(13)17-12-6-3-5-11(12)10-15/h4,7-8,11-12H,2-3,5-6,9-10,15H2,1H3,(H,16,17). The molecule has 4 nitrogen and oxygen atoms in total. The maximum Gasteiger partial charge on any atom is 0.168 e. The highest BCUT2D eigenvalue weighted by atomic mass is 16.5. The Bertz CT molecular complexity index is 370. The minimum absolute atomic E-state index is 0.439. The van der Waals surface area contributed by atoms with Gasteiger partial charge in [-0.15, -0.1) is 0 Å². The van der Waals surface area contributed by atoms with Gasteiger partial charge in [-0.1, -0.05) is 13.3 Å². The van der Waals surface area contributed by atoms with Crippen LogP contribution in [0.1, 0.15) is 32.6 Å². The third-order valence-electron chi connectivity index (χ3n) is 3.52. The molecule has 3 N–H and O–H groups in total. The molecule has 0 bridgehead atoms. The van der Waals surface area contributed by atoms with Gasteiger partial charge in [0.25, 0.3) is 0 Å². The van der Waals surface area contributed by atoms with Gasteiger partial charge in [0.05, 0.1) is 6.61 Å². The Morgan fingerprint density at radius 1 is 1.50 bits per heavy atom. The van der Waals surface area contributed by atoms with Crippen LogP contribution in [0, 0.1) is 5.92 Å². The molecule has 1 aromatic rings. The maximum atomic E-state index is 5.80. The third kappa shape index (κ3) is 3.13. The Morgan fingerprint density at radius 3 is 3.17 bits per heavy atom. The predicted octanol–water partition coefficient (Wildman–Crippen LogP) is 2.41. The summed E-state index contributed by atoms with van der Waals surface area (Å²) in [5, 5.41) is 3.50. The first kappa shape index (κ1) is 13.1. The molecular formula is C14H23N3O. The topological polar surface area (TPSA) is 60.2 Å². The minimum Gasteiger partial charge on any atom is -0.490 e. The van der Waals surface area contributed by atoms with Crippen LogP contribution in [0.3, 0.4) is 0 Å². The number of pyridine rings is 1. The van der Waals surface area contributed by atoms with Crippen molar-refractivity contribution in [3.8, 4) is 5.75 Å².